The first-order valence-corrected chi connectivity index (χ1v) is 7.13. The lowest BCUT2D eigenvalue weighted by molar-refractivity contribution is -0.141. The first-order valence-electron chi connectivity index (χ1n) is 5.82. The molecule has 0 saturated heterocycles. The molecule has 9 heteroatoms. The number of oxime groups is 1. The van der Waals surface area contributed by atoms with Crippen LogP contribution in [0.2, 0.25) is 0 Å². The summed E-state index contributed by atoms with van der Waals surface area (Å²) in [7, 11) is -0.263. The minimum atomic E-state index is -4.56. The van der Waals surface area contributed by atoms with Crippen molar-refractivity contribution < 1.29 is 22.2 Å². The minimum absolute atomic E-state index is 0.106. The maximum atomic E-state index is 12.8. The molecule has 112 valence electrons. The van der Waals surface area contributed by atoms with Crippen molar-refractivity contribution >= 4 is 15.8 Å². The molecule has 0 aliphatic carbocycles. The Labute approximate surface area is 116 Å². The Kier molecular flexibility index (Phi) is 3.66. The fourth-order valence-corrected chi connectivity index (χ4v) is 3.12. The first kappa shape index (κ1) is 15.0. The van der Waals surface area contributed by atoms with E-state index in [1.807, 2.05) is 0 Å². The molecule has 0 spiro atoms. The molecule has 1 aliphatic rings. The largest absolute Gasteiger partial charge is 0.435 e. The van der Waals surface area contributed by atoms with Crippen LogP contribution >= 0.6 is 0 Å². The van der Waals surface area contributed by atoms with Crippen molar-refractivity contribution in [1.29, 1.82) is 0 Å². The van der Waals surface area contributed by atoms with Crippen LogP contribution in [0.25, 0.3) is 0 Å². The molecule has 1 aliphatic heterocycles. The van der Waals surface area contributed by atoms with Gasteiger partial charge in [-0.1, -0.05) is 5.16 Å². The Bertz CT molecular complexity index is 578. The Morgan fingerprint density at radius 1 is 1.50 bits per heavy atom. The maximum Gasteiger partial charge on any atom is 0.435 e. The van der Waals surface area contributed by atoms with Gasteiger partial charge in [0.25, 0.3) is 0 Å². The average molecular weight is 309 g/mol. The fourth-order valence-electron chi connectivity index (χ4n) is 1.83. The zero-order valence-corrected chi connectivity index (χ0v) is 12.0. The Morgan fingerprint density at radius 2 is 2.15 bits per heavy atom. The zero-order chi connectivity index (χ0) is 15.1. The highest BCUT2D eigenvalue weighted by molar-refractivity contribution is 7.99. The van der Waals surface area contributed by atoms with Crippen molar-refractivity contribution in [3.8, 4) is 0 Å². The molecule has 0 saturated carbocycles. The van der Waals surface area contributed by atoms with Gasteiger partial charge in [-0.25, -0.2) is 0 Å². The molecule has 1 aromatic rings. The Balaban J connectivity index is 2.17. The van der Waals surface area contributed by atoms with Gasteiger partial charge in [0.1, 0.15) is 10.6 Å². The summed E-state index contributed by atoms with van der Waals surface area (Å²) >= 11 is 0. The highest BCUT2D eigenvalue weighted by Gasteiger charge is 2.38. The van der Waals surface area contributed by atoms with Crippen LogP contribution in [0.15, 0.2) is 11.4 Å². The normalized spacial score (nSPS) is 19.6. The predicted molar refractivity (Wildman–Crippen MR) is 67.3 cm³/mol. The monoisotopic (exact) mass is 309 g/mol. The van der Waals surface area contributed by atoms with E-state index < -0.39 is 28.3 Å². The third-order valence-corrected chi connectivity index (χ3v) is 4.01. The van der Waals surface area contributed by atoms with E-state index in [2.05, 4.69) is 10.3 Å². The van der Waals surface area contributed by atoms with Crippen LogP contribution in [0.3, 0.4) is 0 Å². The number of alkyl halides is 3. The topological polar surface area (TPSA) is 56.5 Å². The van der Waals surface area contributed by atoms with E-state index in [0.717, 1.165) is 4.68 Å². The van der Waals surface area contributed by atoms with Crippen LogP contribution in [0.4, 0.5) is 13.2 Å². The number of hydrogen-bond donors (Lipinski definition) is 0. The van der Waals surface area contributed by atoms with Crippen molar-refractivity contribution in [3.05, 3.63) is 17.5 Å². The first-order chi connectivity index (χ1) is 9.08. The summed E-state index contributed by atoms with van der Waals surface area (Å²) in [6, 6.07) is 0. The van der Waals surface area contributed by atoms with Crippen LogP contribution in [-0.4, -0.2) is 24.6 Å². The summed E-state index contributed by atoms with van der Waals surface area (Å²) in [5.41, 5.74) is -1.68. The lowest BCUT2D eigenvalue weighted by atomic mass is 10.1. The second-order valence-corrected chi connectivity index (χ2v) is 6.63. The molecule has 5 nitrogen and oxygen atoms in total. The minimum Gasteiger partial charge on any atom is -0.389 e. The molecule has 0 radical (unpaired) electrons. The Hall–Kier alpha value is -1.38. The van der Waals surface area contributed by atoms with E-state index in [1.165, 1.54) is 13.2 Å². The Morgan fingerprint density at radius 3 is 2.65 bits per heavy atom. The average Bonchev–Trinajstić information content (AvgIpc) is 2.81. The van der Waals surface area contributed by atoms with Crippen LogP contribution in [-0.2, 0) is 34.6 Å². The summed E-state index contributed by atoms with van der Waals surface area (Å²) in [5.74, 6) is -0.277. The van der Waals surface area contributed by atoms with E-state index in [9.17, 15) is 17.4 Å². The van der Waals surface area contributed by atoms with E-state index >= 15 is 0 Å². The lowest BCUT2D eigenvalue weighted by Gasteiger charge is -2.13. The highest BCUT2D eigenvalue weighted by atomic mass is 32.2. The highest BCUT2D eigenvalue weighted by Crippen LogP contribution is 2.32. The third-order valence-electron chi connectivity index (χ3n) is 2.69. The molecule has 1 atom stereocenters. The second-order valence-electron chi connectivity index (χ2n) is 5.18. The molecule has 2 rings (SSSR count). The molecule has 20 heavy (non-hydrogen) atoms. The van der Waals surface area contributed by atoms with Gasteiger partial charge >= 0.3 is 6.18 Å². The maximum absolute atomic E-state index is 12.8. The van der Waals surface area contributed by atoms with Gasteiger partial charge in [-0.05, 0) is 13.8 Å². The lowest BCUT2D eigenvalue weighted by Crippen LogP contribution is -2.21. The molecule has 0 fully saturated rings. The summed E-state index contributed by atoms with van der Waals surface area (Å²) in [4.78, 5) is 5.07. The summed E-state index contributed by atoms with van der Waals surface area (Å²) in [6.45, 7) is 3.54. The van der Waals surface area contributed by atoms with Gasteiger partial charge in [-0.15, -0.1) is 0 Å². The molecule has 1 unspecified atom stereocenters. The van der Waals surface area contributed by atoms with E-state index in [-0.39, 0.29) is 16.4 Å². The SMILES string of the molecule is Cn1cc(CS(=O)C2=NOC(C)(C)C2)c(C(F)(F)F)n1. The summed E-state index contributed by atoms with van der Waals surface area (Å²) < 4.78 is 51.5. The summed E-state index contributed by atoms with van der Waals surface area (Å²) in [6.07, 6.45) is -3.00. The molecule has 0 amide bonds. The third kappa shape index (κ3) is 3.20. The van der Waals surface area contributed by atoms with Gasteiger partial charge < -0.3 is 4.84 Å². The van der Waals surface area contributed by atoms with Crippen LogP contribution in [0.5, 0.6) is 0 Å². The van der Waals surface area contributed by atoms with Crippen molar-refractivity contribution in [3.63, 3.8) is 0 Å². The quantitative estimate of drug-likeness (QED) is 0.841. The number of hydrogen-bond acceptors (Lipinski definition) is 4. The van der Waals surface area contributed by atoms with E-state index in [1.54, 1.807) is 13.8 Å². The predicted octanol–water partition coefficient (Wildman–Crippen LogP) is 2.20. The van der Waals surface area contributed by atoms with Crippen molar-refractivity contribution in [2.45, 2.75) is 37.8 Å². The van der Waals surface area contributed by atoms with Crippen molar-refractivity contribution in [2.24, 2.45) is 12.2 Å². The second kappa shape index (κ2) is 4.87. The zero-order valence-electron chi connectivity index (χ0n) is 11.2. The molecular formula is C11H14F3N3O2S. The number of nitrogens with zero attached hydrogens (tertiary/aromatic N) is 3. The van der Waals surface area contributed by atoms with Crippen molar-refractivity contribution in [2.75, 3.05) is 0 Å². The summed E-state index contributed by atoms with van der Waals surface area (Å²) in [5, 5.41) is 7.34. The van der Waals surface area contributed by atoms with Crippen LogP contribution < -0.4 is 0 Å². The van der Waals surface area contributed by atoms with Gasteiger partial charge in [0.2, 0.25) is 0 Å². The van der Waals surface area contributed by atoms with Crippen molar-refractivity contribution in [1.82, 2.24) is 9.78 Å². The van der Waals surface area contributed by atoms with E-state index in [0.29, 0.717) is 6.42 Å². The van der Waals surface area contributed by atoms with Gasteiger partial charge in [0, 0.05) is 25.2 Å². The molecular weight excluding hydrogens is 295 g/mol. The van der Waals surface area contributed by atoms with Gasteiger partial charge in [0.05, 0.1) is 16.6 Å². The van der Waals surface area contributed by atoms with Crippen LogP contribution in [0.1, 0.15) is 31.5 Å². The fraction of sp³-hybridized carbons (Fsp3) is 0.636. The van der Waals surface area contributed by atoms with Crippen LogP contribution in [0, 0.1) is 0 Å². The smallest absolute Gasteiger partial charge is 0.389 e. The molecule has 0 aromatic carbocycles. The standard InChI is InChI=1S/C11H14F3N3O2S/c1-10(2)4-8(16-19-10)20(18)6-7-5-17(3)15-9(7)11(12,13)14/h5H,4,6H2,1-3H3. The van der Waals surface area contributed by atoms with Gasteiger partial charge in [0.15, 0.2) is 5.69 Å². The number of aromatic nitrogens is 2. The van der Waals surface area contributed by atoms with Gasteiger partial charge in [-0.2, -0.15) is 18.3 Å². The molecule has 1 aromatic heterocycles. The number of rotatable bonds is 2. The number of aryl methyl sites for hydroxylation is 1. The molecule has 0 N–H and O–H groups in total. The molecule has 2 heterocycles. The number of halogens is 3. The van der Waals surface area contributed by atoms with E-state index in [4.69, 9.17) is 4.84 Å². The molecule has 0 bridgehead atoms. The van der Waals surface area contributed by atoms with Gasteiger partial charge in [-0.3, -0.25) is 8.89 Å².